The maximum atomic E-state index is 11.4. The van der Waals surface area contributed by atoms with Gasteiger partial charge in [0.25, 0.3) is 0 Å². The zero-order valence-electron chi connectivity index (χ0n) is 9.92. The van der Waals surface area contributed by atoms with Crippen LogP contribution < -0.4 is 10.2 Å². The van der Waals surface area contributed by atoms with E-state index in [1.54, 1.807) is 6.08 Å². The Morgan fingerprint density at radius 2 is 1.72 bits per heavy atom. The number of carboxylic acid groups (broad SMARTS) is 2. The summed E-state index contributed by atoms with van der Waals surface area (Å²) in [4.78, 5) is 22.8. The van der Waals surface area contributed by atoms with E-state index in [1.807, 2.05) is 0 Å². The lowest BCUT2D eigenvalue weighted by Crippen LogP contribution is -2.61. The monoisotopic (exact) mass is 256 g/mol. The number of carbonyl (C=O) groups is 2. The number of hydrogen-bond acceptors (Lipinski definition) is 6. The van der Waals surface area contributed by atoms with Crippen LogP contribution in [0.2, 0.25) is 0 Å². The quantitative estimate of drug-likeness (QED) is 0.510. The summed E-state index contributed by atoms with van der Waals surface area (Å²) in [6.07, 6.45) is 2.72. The maximum Gasteiger partial charge on any atom is 0.0524 e. The van der Waals surface area contributed by atoms with Crippen molar-refractivity contribution in [1.82, 2.24) is 0 Å². The van der Waals surface area contributed by atoms with Gasteiger partial charge in [0, 0.05) is 30.0 Å². The molecule has 0 amide bonds. The summed E-state index contributed by atoms with van der Waals surface area (Å²) in [6.45, 7) is -0.957. The first kappa shape index (κ1) is 14.7. The molecule has 6 nitrogen and oxygen atoms in total. The summed E-state index contributed by atoms with van der Waals surface area (Å²) >= 11 is 0. The molecule has 0 saturated heterocycles. The lowest BCUT2D eigenvalue weighted by atomic mass is 9.55. The zero-order valence-corrected chi connectivity index (χ0v) is 9.92. The summed E-state index contributed by atoms with van der Waals surface area (Å²) in [5.41, 5.74) is -3.57. The van der Waals surface area contributed by atoms with Gasteiger partial charge >= 0.3 is 0 Å². The molecule has 0 aromatic rings. The van der Waals surface area contributed by atoms with Crippen LogP contribution in [0.5, 0.6) is 0 Å². The average molecular weight is 256 g/mol. The second-order valence-corrected chi connectivity index (χ2v) is 4.52. The van der Waals surface area contributed by atoms with Crippen LogP contribution in [0.25, 0.3) is 0 Å². The molecule has 0 aromatic carbocycles. The molecule has 0 aromatic heterocycles. The largest absolute Gasteiger partial charge is 0.550 e. The predicted octanol–water partition coefficient (Wildman–Crippen LogP) is -2.43. The van der Waals surface area contributed by atoms with Crippen molar-refractivity contribution in [3.63, 3.8) is 0 Å². The smallest absolute Gasteiger partial charge is 0.0524 e. The number of aliphatic hydroxyl groups is 2. The maximum absolute atomic E-state index is 11.4. The number of rotatable bonds is 6. The average Bonchev–Trinajstić information content (AvgIpc) is 2.31. The van der Waals surface area contributed by atoms with Crippen molar-refractivity contribution >= 4 is 11.9 Å². The Morgan fingerprint density at radius 3 is 2.17 bits per heavy atom. The first-order chi connectivity index (χ1) is 8.47. The topological polar surface area (TPSA) is 121 Å². The highest BCUT2D eigenvalue weighted by Crippen LogP contribution is 2.51. The Hall–Kier alpha value is -1.40. The van der Waals surface area contributed by atoms with Gasteiger partial charge in [0.15, 0.2) is 0 Å². The number of aliphatic carboxylic acids is 2. The molecule has 2 N–H and O–H groups in total. The van der Waals surface area contributed by atoms with E-state index in [9.17, 15) is 19.8 Å². The van der Waals surface area contributed by atoms with Crippen molar-refractivity contribution in [3.8, 4) is 0 Å². The second kappa shape index (κ2) is 5.49. The third-order valence-electron chi connectivity index (χ3n) is 3.79. The summed E-state index contributed by atoms with van der Waals surface area (Å²) in [5.74, 6) is -3.09. The van der Waals surface area contributed by atoms with Gasteiger partial charge in [-0.05, 0) is 25.7 Å². The van der Waals surface area contributed by atoms with Gasteiger partial charge in [-0.3, -0.25) is 0 Å². The fraction of sp³-hybridized carbons (Fsp3) is 0.667. The van der Waals surface area contributed by atoms with Crippen molar-refractivity contribution in [1.29, 1.82) is 0 Å². The number of aliphatic hydroxyl groups excluding tert-OH is 2. The molecule has 18 heavy (non-hydrogen) atoms. The molecule has 6 heteroatoms. The van der Waals surface area contributed by atoms with E-state index in [4.69, 9.17) is 10.2 Å². The van der Waals surface area contributed by atoms with Crippen LogP contribution in [0, 0.1) is 10.8 Å². The Morgan fingerprint density at radius 1 is 1.11 bits per heavy atom. The molecule has 1 rings (SSSR count). The van der Waals surface area contributed by atoms with Crippen molar-refractivity contribution < 1.29 is 30.0 Å². The molecule has 1 aliphatic rings. The fourth-order valence-electron chi connectivity index (χ4n) is 2.79. The van der Waals surface area contributed by atoms with Crippen LogP contribution in [-0.4, -0.2) is 35.4 Å². The predicted molar refractivity (Wildman–Crippen MR) is 56.7 cm³/mol. The highest BCUT2D eigenvalue weighted by atomic mass is 16.4. The van der Waals surface area contributed by atoms with Crippen LogP contribution >= 0.6 is 0 Å². The first-order valence-electron chi connectivity index (χ1n) is 5.79. The molecule has 0 heterocycles. The van der Waals surface area contributed by atoms with Gasteiger partial charge in [0.05, 0.1) is 5.97 Å². The third-order valence-corrected chi connectivity index (χ3v) is 3.79. The molecule has 102 valence electrons. The Bertz CT molecular complexity index is 364. The lowest BCUT2D eigenvalue weighted by Gasteiger charge is -2.52. The van der Waals surface area contributed by atoms with Gasteiger partial charge in [0.1, 0.15) is 0 Å². The zero-order chi connectivity index (χ0) is 13.8. The second-order valence-electron chi connectivity index (χ2n) is 4.52. The summed E-state index contributed by atoms with van der Waals surface area (Å²) in [6, 6.07) is 0. The molecule has 0 saturated carbocycles. The minimum absolute atomic E-state index is 0.0420. The molecule has 0 radical (unpaired) electrons. The lowest BCUT2D eigenvalue weighted by molar-refractivity contribution is -0.344. The van der Waals surface area contributed by atoms with Crippen LogP contribution in [-0.2, 0) is 9.59 Å². The van der Waals surface area contributed by atoms with E-state index in [0.29, 0.717) is 6.42 Å². The third kappa shape index (κ3) is 2.02. The van der Waals surface area contributed by atoms with Gasteiger partial charge < -0.3 is 30.0 Å². The molecule has 1 aliphatic carbocycles. The van der Waals surface area contributed by atoms with Crippen LogP contribution in [0.3, 0.4) is 0 Å². The van der Waals surface area contributed by atoms with E-state index < -0.39 is 36.0 Å². The molecule has 2 unspecified atom stereocenters. The first-order valence-corrected chi connectivity index (χ1v) is 5.79. The van der Waals surface area contributed by atoms with Gasteiger partial charge in [-0.25, -0.2) is 0 Å². The molecule has 0 aliphatic heterocycles. The Kier molecular flexibility index (Phi) is 4.48. The van der Waals surface area contributed by atoms with E-state index in [0.717, 1.165) is 0 Å². The van der Waals surface area contributed by atoms with Crippen molar-refractivity contribution in [2.45, 2.75) is 25.7 Å². The fourth-order valence-corrected chi connectivity index (χ4v) is 2.79. The van der Waals surface area contributed by atoms with E-state index >= 15 is 0 Å². The van der Waals surface area contributed by atoms with Crippen molar-refractivity contribution in [3.05, 3.63) is 12.2 Å². The molecule has 0 spiro atoms. The van der Waals surface area contributed by atoms with Gasteiger partial charge in [0.2, 0.25) is 0 Å². The minimum Gasteiger partial charge on any atom is -0.550 e. The highest BCUT2D eigenvalue weighted by Gasteiger charge is 2.52. The molecule has 2 atom stereocenters. The Labute approximate surface area is 105 Å². The van der Waals surface area contributed by atoms with E-state index in [1.165, 1.54) is 6.08 Å². The number of hydrogen-bond donors (Lipinski definition) is 2. The van der Waals surface area contributed by atoms with Crippen LogP contribution in [0.15, 0.2) is 12.2 Å². The summed E-state index contributed by atoms with van der Waals surface area (Å²) in [7, 11) is 0. The van der Waals surface area contributed by atoms with E-state index in [-0.39, 0.29) is 19.3 Å². The van der Waals surface area contributed by atoms with Crippen LogP contribution in [0.4, 0.5) is 0 Å². The molecular weight excluding hydrogens is 240 g/mol. The van der Waals surface area contributed by atoms with Gasteiger partial charge in [-0.2, -0.15) is 0 Å². The number of carbonyl (C=O) groups excluding carboxylic acids is 2. The van der Waals surface area contributed by atoms with Crippen LogP contribution in [0.1, 0.15) is 25.7 Å². The van der Waals surface area contributed by atoms with Gasteiger partial charge in [-0.15, -0.1) is 0 Å². The summed E-state index contributed by atoms with van der Waals surface area (Å²) < 4.78 is 0. The van der Waals surface area contributed by atoms with E-state index in [2.05, 4.69) is 0 Å². The normalized spacial score (nSPS) is 31.2. The standard InChI is InChI=1S/C12H18O6/c13-7-5-11(9(15)16)3-1-2-4-12(11,6-8-14)10(17)18/h1,3,13-14H,2,4-8H2,(H,15,16)(H,17,18)/p-2. The highest BCUT2D eigenvalue weighted by molar-refractivity contribution is 5.87. The summed E-state index contributed by atoms with van der Waals surface area (Å²) in [5, 5.41) is 40.9. The van der Waals surface area contributed by atoms with Crippen molar-refractivity contribution in [2.24, 2.45) is 10.8 Å². The minimum atomic E-state index is -1.83. The Balaban J connectivity index is 3.38. The SMILES string of the molecule is O=C([O-])C1(CCO)C=CCCC1(CCO)C(=O)[O-]. The molecule has 0 bridgehead atoms. The molecular formula is C12H16O6-2. The van der Waals surface area contributed by atoms with Gasteiger partial charge in [-0.1, -0.05) is 12.2 Å². The number of carboxylic acids is 2. The van der Waals surface area contributed by atoms with Crippen molar-refractivity contribution in [2.75, 3.05) is 13.2 Å². The molecule has 0 fully saturated rings. The number of allylic oxidation sites excluding steroid dienone is 1.